The lowest BCUT2D eigenvalue weighted by Crippen LogP contribution is -2.45. The number of carbonyl (C=O) groups excluding carboxylic acids is 1. The Hall–Kier alpha value is -1.85. The Bertz CT molecular complexity index is 529. The van der Waals surface area contributed by atoms with Gasteiger partial charge in [-0.25, -0.2) is 4.79 Å². The molecule has 1 aromatic rings. The summed E-state index contributed by atoms with van der Waals surface area (Å²) in [5.74, 6) is -1.54. The van der Waals surface area contributed by atoms with Gasteiger partial charge in [-0.1, -0.05) is 20.3 Å². The Balaban J connectivity index is 2.99. The highest BCUT2D eigenvalue weighted by Crippen LogP contribution is 2.18. The van der Waals surface area contributed by atoms with Crippen molar-refractivity contribution in [1.82, 2.24) is 15.1 Å². The molecule has 0 aromatic carbocycles. The molecule has 6 nitrogen and oxygen atoms in total. The smallest absolute Gasteiger partial charge is 0.326 e. The van der Waals surface area contributed by atoms with Gasteiger partial charge in [0.15, 0.2) is 0 Å². The zero-order chi connectivity index (χ0) is 16.4. The molecule has 21 heavy (non-hydrogen) atoms. The van der Waals surface area contributed by atoms with E-state index >= 15 is 0 Å². The van der Waals surface area contributed by atoms with Crippen LogP contribution >= 0.6 is 0 Å². The van der Waals surface area contributed by atoms with E-state index in [0.717, 1.165) is 5.69 Å². The van der Waals surface area contributed by atoms with Crippen LogP contribution in [0.15, 0.2) is 6.20 Å². The van der Waals surface area contributed by atoms with Crippen molar-refractivity contribution in [3.8, 4) is 0 Å². The summed E-state index contributed by atoms with van der Waals surface area (Å²) in [6.45, 7) is 11.5. The van der Waals surface area contributed by atoms with Crippen molar-refractivity contribution in [3.05, 3.63) is 17.5 Å². The van der Waals surface area contributed by atoms with Gasteiger partial charge in [-0.05, 0) is 33.6 Å². The second-order valence-corrected chi connectivity index (χ2v) is 6.40. The fourth-order valence-electron chi connectivity index (χ4n) is 2.21. The van der Waals surface area contributed by atoms with Gasteiger partial charge < -0.3 is 10.4 Å². The summed E-state index contributed by atoms with van der Waals surface area (Å²) in [4.78, 5) is 23.6. The molecule has 0 aliphatic heterocycles. The SMILES string of the molecule is CC[C@H](C)[C@H](NC(=O)c1cnn(C(C)(C)C)c1C)C(=O)O. The first-order valence-electron chi connectivity index (χ1n) is 7.18. The Morgan fingerprint density at radius 3 is 2.38 bits per heavy atom. The average Bonchev–Trinajstić information content (AvgIpc) is 2.76. The minimum Gasteiger partial charge on any atom is -0.480 e. The Labute approximate surface area is 125 Å². The molecule has 0 radical (unpaired) electrons. The minimum absolute atomic E-state index is 0.135. The Morgan fingerprint density at radius 1 is 1.43 bits per heavy atom. The lowest BCUT2D eigenvalue weighted by atomic mass is 9.99. The van der Waals surface area contributed by atoms with Gasteiger partial charge in [0.05, 0.1) is 17.3 Å². The van der Waals surface area contributed by atoms with Gasteiger partial charge in [-0.2, -0.15) is 5.10 Å². The fraction of sp³-hybridized carbons (Fsp3) is 0.667. The van der Waals surface area contributed by atoms with Crippen LogP contribution in [0.4, 0.5) is 0 Å². The van der Waals surface area contributed by atoms with E-state index in [4.69, 9.17) is 0 Å². The molecule has 0 aliphatic rings. The number of aromatic nitrogens is 2. The van der Waals surface area contributed by atoms with Crippen molar-refractivity contribution in [3.63, 3.8) is 0 Å². The van der Waals surface area contributed by atoms with Gasteiger partial charge in [0, 0.05) is 5.69 Å². The predicted molar refractivity (Wildman–Crippen MR) is 80.3 cm³/mol. The molecule has 2 N–H and O–H groups in total. The fourth-order valence-corrected chi connectivity index (χ4v) is 2.21. The van der Waals surface area contributed by atoms with Gasteiger partial charge in [0.25, 0.3) is 5.91 Å². The van der Waals surface area contributed by atoms with E-state index in [-0.39, 0.29) is 11.5 Å². The lowest BCUT2D eigenvalue weighted by molar-refractivity contribution is -0.140. The molecule has 0 saturated heterocycles. The third-order valence-corrected chi connectivity index (χ3v) is 3.66. The van der Waals surface area contributed by atoms with Crippen LogP contribution in [0.3, 0.4) is 0 Å². The number of carboxylic acids is 1. The van der Waals surface area contributed by atoms with Gasteiger partial charge >= 0.3 is 5.97 Å². The molecule has 0 aliphatic carbocycles. The van der Waals surface area contributed by atoms with Crippen molar-refractivity contribution >= 4 is 11.9 Å². The molecule has 6 heteroatoms. The van der Waals surface area contributed by atoms with Crippen LogP contribution in [0.2, 0.25) is 0 Å². The molecule has 1 amide bonds. The predicted octanol–water partition coefficient (Wildman–Crippen LogP) is 2.18. The van der Waals surface area contributed by atoms with E-state index in [2.05, 4.69) is 10.4 Å². The van der Waals surface area contributed by atoms with Crippen molar-refractivity contribution < 1.29 is 14.7 Å². The summed E-state index contributed by atoms with van der Waals surface area (Å²) in [6.07, 6.45) is 2.17. The molecular formula is C15H25N3O3. The molecule has 0 fully saturated rings. The van der Waals surface area contributed by atoms with Crippen LogP contribution in [0, 0.1) is 12.8 Å². The lowest BCUT2D eigenvalue weighted by Gasteiger charge is -2.22. The summed E-state index contributed by atoms with van der Waals surface area (Å²) in [5.41, 5.74) is 0.915. The third-order valence-electron chi connectivity index (χ3n) is 3.66. The van der Waals surface area contributed by atoms with Crippen molar-refractivity contribution in [2.45, 2.75) is 59.5 Å². The topological polar surface area (TPSA) is 84.2 Å². The summed E-state index contributed by atoms with van der Waals surface area (Å²) in [7, 11) is 0. The Kier molecular flexibility index (Phi) is 5.15. The van der Waals surface area contributed by atoms with Gasteiger partial charge in [0.2, 0.25) is 0 Å². The molecule has 1 heterocycles. The number of hydrogen-bond donors (Lipinski definition) is 2. The largest absolute Gasteiger partial charge is 0.480 e. The van der Waals surface area contributed by atoms with E-state index in [1.54, 1.807) is 4.68 Å². The number of carboxylic acid groups (broad SMARTS) is 1. The summed E-state index contributed by atoms with van der Waals surface area (Å²) < 4.78 is 1.76. The van der Waals surface area contributed by atoms with Crippen LogP contribution in [-0.2, 0) is 10.3 Å². The summed E-state index contributed by atoms with van der Waals surface area (Å²) in [5, 5.41) is 16.1. The van der Waals surface area contributed by atoms with Crippen LogP contribution < -0.4 is 5.32 Å². The maximum absolute atomic E-state index is 12.3. The maximum Gasteiger partial charge on any atom is 0.326 e. The molecule has 0 spiro atoms. The molecule has 0 unspecified atom stereocenters. The Morgan fingerprint density at radius 2 is 2.00 bits per heavy atom. The van der Waals surface area contributed by atoms with E-state index in [9.17, 15) is 14.7 Å². The van der Waals surface area contributed by atoms with E-state index in [0.29, 0.717) is 12.0 Å². The maximum atomic E-state index is 12.3. The summed E-state index contributed by atoms with van der Waals surface area (Å²) >= 11 is 0. The first-order valence-corrected chi connectivity index (χ1v) is 7.18. The number of nitrogens with one attached hydrogen (secondary N) is 1. The van der Waals surface area contributed by atoms with Crippen LogP contribution in [-0.4, -0.2) is 32.8 Å². The molecule has 118 valence electrons. The normalized spacial score (nSPS) is 14.6. The highest BCUT2D eigenvalue weighted by atomic mass is 16.4. The van der Waals surface area contributed by atoms with Crippen molar-refractivity contribution in [2.24, 2.45) is 5.92 Å². The van der Waals surface area contributed by atoms with Gasteiger partial charge in [-0.3, -0.25) is 9.48 Å². The van der Waals surface area contributed by atoms with Crippen molar-refractivity contribution in [1.29, 1.82) is 0 Å². The molecule has 1 aromatic heterocycles. The summed E-state index contributed by atoms with van der Waals surface area (Å²) in [6, 6.07) is -0.889. The van der Waals surface area contributed by atoms with Crippen LogP contribution in [0.25, 0.3) is 0 Å². The number of rotatable bonds is 5. The van der Waals surface area contributed by atoms with Crippen LogP contribution in [0.5, 0.6) is 0 Å². The minimum atomic E-state index is -1.02. The monoisotopic (exact) mass is 295 g/mol. The van der Waals surface area contributed by atoms with Gasteiger partial charge in [0.1, 0.15) is 6.04 Å². The van der Waals surface area contributed by atoms with E-state index in [1.165, 1.54) is 6.20 Å². The van der Waals surface area contributed by atoms with E-state index < -0.39 is 17.9 Å². The zero-order valence-electron chi connectivity index (χ0n) is 13.6. The van der Waals surface area contributed by atoms with Gasteiger partial charge in [-0.15, -0.1) is 0 Å². The first kappa shape index (κ1) is 17.2. The second kappa shape index (κ2) is 6.28. The zero-order valence-corrected chi connectivity index (χ0v) is 13.6. The number of carbonyl (C=O) groups is 2. The number of aliphatic carboxylic acids is 1. The first-order chi connectivity index (χ1) is 9.59. The van der Waals surface area contributed by atoms with Crippen LogP contribution in [0.1, 0.15) is 57.1 Å². The third kappa shape index (κ3) is 3.83. The highest BCUT2D eigenvalue weighted by Gasteiger charge is 2.28. The molecule has 0 saturated carbocycles. The van der Waals surface area contributed by atoms with Crippen molar-refractivity contribution in [2.75, 3.05) is 0 Å². The molecular weight excluding hydrogens is 270 g/mol. The number of hydrogen-bond acceptors (Lipinski definition) is 3. The number of amides is 1. The standard InChI is InChI=1S/C15H25N3O3/c1-7-9(2)12(14(20)21)17-13(19)11-8-16-18(10(11)3)15(4,5)6/h8-9,12H,7H2,1-6H3,(H,17,19)(H,20,21)/t9-,12-/m0/s1. The quantitative estimate of drug-likeness (QED) is 0.872. The second-order valence-electron chi connectivity index (χ2n) is 6.40. The highest BCUT2D eigenvalue weighted by molar-refractivity contribution is 5.97. The molecule has 1 rings (SSSR count). The number of nitrogens with zero attached hydrogens (tertiary/aromatic N) is 2. The molecule has 2 atom stereocenters. The molecule has 0 bridgehead atoms. The average molecular weight is 295 g/mol. The van der Waals surface area contributed by atoms with E-state index in [1.807, 2.05) is 41.5 Å².